The second kappa shape index (κ2) is 13.5. The average molecular weight is 630 g/mol. The summed E-state index contributed by atoms with van der Waals surface area (Å²) in [6.45, 7) is 0. The standard InChI is InChI=1S/C43H35NO2S/c1-45-37-27-23-35(24-28-37)43(36-25-29-38(46-2)30-26-36)40(33-19-11-5-12-20-33)41(34-21-13-6-14-22-34)44-42(47-43)39(31-15-7-3-8-16-31)32-17-9-4-10-18-32/h3-30,44H,1-2H3. The Balaban J connectivity index is 1.65. The van der Waals surface area contributed by atoms with Crippen molar-refractivity contribution in [3.05, 3.63) is 208 Å². The fraction of sp³-hybridized carbons (Fsp3) is 0.0698. The number of methoxy groups -OCH3 is 2. The van der Waals surface area contributed by atoms with Gasteiger partial charge in [0.15, 0.2) is 0 Å². The normalized spacial score (nSPS) is 13.9. The Morgan fingerprint density at radius 2 is 0.894 bits per heavy atom. The van der Waals surface area contributed by atoms with E-state index in [0.717, 1.165) is 61.2 Å². The monoisotopic (exact) mass is 629 g/mol. The lowest BCUT2D eigenvalue weighted by Crippen LogP contribution is -2.35. The van der Waals surface area contributed by atoms with Gasteiger partial charge in [-0.2, -0.15) is 0 Å². The highest BCUT2D eigenvalue weighted by molar-refractivity contribution is 8.04. The first-order valence-corrected chi connectivity index (χ1v) is 16.5. The average Bonchev–Trinajstić information content (AvgIpc) is 3.16. The van der Waals surface area contributed by atoms with Gasteiger partial charge in [0.1, 0.15) is 11.5 Å². The molecule has 47 heavy (non-hydrogen) atoms. The summed E-state index contributed by atoms with van der Waals surface area (Å²) in [5.41, 5.74) is 10.2. The maximum Gasteiger partial charge on any atom is 0.118 e. The van der Waals surface area contributed by atoms with Gasteiger partial charge in [-0.15, -0.1) is 0 Å². The summed E-state index contributed by atoms with van der Waals surface area (Å²) in [5.74, 6) is 1.63. The summed E-state index contributed by atoms with van der Waals surface area (Å²) in [6.07, 6.45) is 0. The van der Waals surface area contributed by atoms with Gasteiger partial charge in [-0.3, -0.25) is 0 Å². The molecule has 0 spiro atoms. The van der Waals surface area contributed by atoms with Crippen molar-refractivity contribution in [3.8, 4) is 11.5 Å². The molecule has 0 saturated carbocycles. The van der Waals surface area contributed by atoms with Gasteiger partial charge >= 0.3 is 0 Å². The maximum atomic E-state index is 5.65. The molecule has 1 aliphatic rings. The maximum absolute atomic E-state index is 5.65. The highest BCUT2D eigenvalue weighted by atomic mass is 32.2. The molecule has 0 radical (unpaired) electrons. The van der Waals surface area contributed by atoms with Crippen molar-refractivity contribution in [2.75, 3.05) is 14.2 Å². The highest BCUT2D eigenvalue weighted by Crippen LogP contribution is 2.60. The summed E-state index contributed by atoms with van der Waals surface area (Å²) in [4.78, 5) is 0. The lowest BCUT2D eigenvalue weighted by molar-refractivity contribution is 0.414. The van der Waals surface area contributed by atoms with E-state index in [1.807, 2.05) is 11.8 Å². The number of nitrogens with one attached hydrogen (secondary N) is 1. The minimum absolute atomic E-state index is 0.680. The minimum Gasteiger partial charge on any atom is -0.497 e. The Morgan fingerprint density at radius 1 is 0.489 bits per heavy atom. The molecule has 7 rings (SSSR count). The molecule has 6 aromatic rings. The van der Waals surface area contributed by atoms with Gasteiger partial charge in [-0.05, 0) is 57.6 Å². The van der Waals surface area contributed by atoms with E-state index < -0.39 is 4.75 Å². The molecule has 230 valence electrons. The Labute approximate surface area is 281 Å². The zero-order chi connectivity index (χ0) is 32.1. The van der Waals surface area contributed by atoms with Crippen LogP contribution in [0.25, 0.3) is 16.8 Å². The fourth-order valence-corrected chi connectivity index (χ4v) is 7.96. The van der Waals surface area contributed by atoms with E-state index in [0.29, 0.717) is 0 Å². The van der Waals surface area contributed by atoms with Crippen molar-refractivity contribution in [1.82, 2.24) is 5.32 Å². The number of benzene rings is 6. The largest absolute Gasteiger partial charge is 0.497 e. The van der Waals surface area contributed by atoms with Gasteiger partial charge in [0, 0.05) is 11.1 Å². The van der Waals surface area contributed by atoms with Gasteiger partial charge in [-0.1, -0.05) is 157 Å². The zero-order valence-corrected chi connectivity index (χ0v) is 27.2. The van der Waals surface area contributed by atoms with Crippen molar-refractivity contribution in [1.29, 1.82) is 0 Å². The molecule has 1 N–H and O–H groups in total. The van der Waals surface area contributed by atoms with Crippen LogP contribution in [-0.2, 0) is 4.75 Å². The minimum atomic E-state index is -0.680. The van der Waals surface area contributed by atoms with Gasteiger partial charge in [0.05, 0.1) is 29.7 Å². The van der Waals surface area contributed by atoms with E-state index in [-0.39, 0.29) is 0 Å². The third-order valence-electron chi connectivity index (χ3n) is 8.57. The lowest BCUT2D eigenvalue weighted by atomic mass is 9.78. The van der Waals surface area contributed by atoms with Crippen molar-refractivity contribution >= 4 is 28.6 Å². The summed E-state index contributed by atoms with van der Waals surface area (Å²) < 4.78 is 10.6. The molecule has 0 bridgehead atoms. The second-order valence-electron chi connectivity index (χ2n) is 11.3. The third-order valence-corrected chi connectivity index (χ3v) is 10.1. The number of thioether (sulfide) groups is 1. The van der Waals surface area contributed by atoms with E-state index in [1.54, 1.807) is 14.2 Å². The smallest absolute Gasteiger partial charge is 0.118 e. The SMILES string of the molecule is COc1ccc(C2(c3ccc(OC)cc3)SC(=C(c3ccccc3)c3ccccc3)NC(c3ccccc3)=C2c2ccccc2)cc1. The van der Waals surface area contributed by atoms with Crippen LogP contribution in [0.15, 0.2) is 175 Å². The number of ether oxygens (including phenoxy) is 2. The molecule has 1 heterocycles. The molecule has 0 atom stereocenters. The van der Waals surface area contributed by atoms with Crippen LogP contribution in [0.4, 0.5) is 0 Å². The quantitative estimate of drug-likeness (QED) is 0.182. The van der Waals surface area contributed by atoms with E-state index >= 15 is 0 Å². The topological polar surface area (TPSA) is 30.5 Å². The van der Waals surface area contributed by atoms with Crippen LogP contribution in [0.2, 0.25) is 0 Å². The number of rotatable bonds is 8. The van der Waals surface area contributed by atoms with Crippen LogP contribution in [-0.4, -0.2) is 14.2 Å². The summed E-state index contributed by atoms with van der Waals surface area (Å²) in [5, 5.41) is 5.09. The Morgan fingerprint density at radius 3 is 1.32 bits per heavy atom. The van der Waals surface area contributed by atoms with Crippen LogP contribution in [0.3, 0.4) is 0 Å². The highest BCUT2D eigenvalue weighted by Gasteiger charge is 2.46. The van der Waals surface area contributed by atoms with Crippen LogP contribution in [0, 0.1) is 0 Å². The molecule has 0 unspecified atom stereocenters. The van der Waals surface area contributed by atoms with Crippen molar-refractivity contribution in [2.24, 2.45) is 0 Å². The van der Waals surface area contributed by atoms with E-state index in [4.69, 9.17) is 9.47 Å². The van der Waals surface area contributed by atoms with Crippen molar-refractivity contribution in [2.45, 2.75) is 4.75 Å². The number of hydrogen-bond acceptors (Lipinski definition) is 4. The van der Waals surface area contributed by atoms with Crippen LogP contribution in [0.5, 0.6) is 11.5 Å². The second-order valence-corrected chi connectivity index (χ2v) is 12.5. The molecule has 0 aromatic heterocycles. The first kappa shape index (κ1) is 30.2. The molecule has 0 saturated heterocycles. The van der Waals surface area contributed by atoms with Gasteiger partial charge < -0.3 is 14.8 Å². The van der Waals surface area contributed by atoms with Gasteiger partial charge in [0.2, 0.25) is 0 Å². The molecular formula is C43H35NO2S. The summed E-state index contributed by atoms with van der Waals surface area (Å²) in [7, 11) is 3.42. The van der Waals surface area contributed by atoms with Crippen molar-refractivity contribution < 1.29 is 9.47 Å². The first-order chi connectivity index (χ1) is 23.2. The Bertz CT molecular complexity index is 1910. The van der Waals surface area contributed by atoms with Crippen LogP contribution in [0.1, 0.15) is 33.4 Å². The zero-order valence-electron chi connectivity index (χ0n) is 26.4. The molecule has 4 heteroatoms. The first-order valence-electron chi connectivity index (χ1n) is 15.7. The fourth-order valence-electron chi connectivity index (χ4n) is 6.33. The predicted octanol–water partition coefficient (Wildman–Crippen LogP) is 10.3. The van der Waals surface area contributed by atoms with E-state index in [1.165, 1.54) is 5.57 Å². The van der Waals surface area contributed by atoms with E-state index in [9.17, 15) is 0 Å². The number of hydrogen-bond donors (Lipinski definition) is 1. The Kier molecular flexibility index (Phi) is 8.68. The van der Waals surface area contributed by atoms with Gasteiger partial charge in [-0.25, -0.2) is 0 Å². The van der Waals surface area contributed by atoms with E-state index in [2.05, 4.69) is 175 Å². The van der Waals surface area contributed by atoms with Crippen molar-refractivity contribution in [3.63, 3.8) is 0 Å². The third kappa shape index (κ3) is 5.84. The molecule has 0 amide bonds. The van der Waals surface area contributed by atoms with Gasteiger partial charge in [0.25, 0.3) is 0 Å². The van der Waals surface area contributed by atoms with Crippen LogP contribution >= 0.6 is 11.8 Å². The molecular weight excluding hydrogens is 595 g/mol. The predicted molar refractivity (Wildman–Crippen MR) is 196 cm³/mol. The molecule has 0 fully saturated rings. The Hall–Kier alpha value is -5.45. The molecule has 6 aromatic carbocycles. The lowest BCUT2D eigenvalue weighted by Gasteiger charge is -2.44. The summed E-state index contributed by atoms with van der Waals surface area (Å²) >= 11 is 1.84. The molecule has 1 aliphatic heterocycles. The molecule has 0 aliphatic carbocycles. The van der Waals surface area contributed by atoms with Crippen LogP contribution < -0.4 is 14.8 Å². The molecule has 3 nitrogen and oxygen atoms in total. The summed E-state index contributed by atoms with van der Waals surface area (Å²) in [6, 6.07) is 59.8.